The Balaban J connectivity index is 1.81. The summed E-state index contributed by atoms with van der Waals surface area (Å²) in [5.74, 6) is 0.127. The summed E-state index contributed by atoms with van der Waals surface area (Å²) in [7, 11) is 1.59. The molecule has 0 saturated carbocycles. The van der Waals surface area contributed by atoms with Crippen LogP contribution in [0, 0.1) is 19.8 Å². The lowest BCUT2D eigenvalue weighted by Gasteiger charge is -2.25. The van der Waals surface area contributed by atoms with Crippen LogP contribution >= 0.6 is 0 Å². The first-order valence-corrected chi connectivity index (χ1v) is 13.6. The van der Waals surface area contributed by atoms with Crippen LogP contribution in [0.25, 0.3) is 0 Å². The second-order valence-electron chi connectivity index (χ2n) is 10.5. The number of ether oxygens (including phenoxy) is 2. The van der Waals surface area contributed by atoms with E-state index in [1.807, 2.05) is 64.1 Å². The maximum atomic E-state index is 14.5. The molecule has 0 N–H and O–H groups in total. The van der Waals surface area contributed by atoms with Gasteiger partial charge in [0.2, 0.25) is 0 Å². The van der Waals surface area contributed by atoms with Crippen molar-refractivity contribution < 1.29 is 19.1 Å². The first-order chi connectivity index (χ1) is 19.2. The van der Waals surface area contributed by atoms with Gasteiger partial charge in [-0.15, -0.1) is 0 Å². The summed E-state index contributed by atoms with van der Waals surface area (Å²) in [6, 6.07) is 20.9. The molecule has 0 aromatic heterocycles. The molecule has 7 heteroatoms. The Hall–Kier alpha value is -4.26. The van der Waals surface area contributed by atoms with E-state index in [1.165, 1.54) is 0 Å². The van der Waals surface area contributed by atoms with Gasteiger partial charge in [0.15, 0.2) is 5.54 Å². The van der Waals surface area contributed by atoms with Crippen molar-refractivity contribution in [2.75, 3.05) is 18.6 Å². The van der Waals surface area contributed by atoms with Gasteiger partial charge in [-0.05, 0) is 55.2 Å². The van der Waals surface area contributed by atoms with Crippen LogP contribution in [0.5, 0.6) is 5.75 Å². The van der Waals surface area contributed by atoms with Gasteiger partial charge in [0.25, 0.3) is 5.91 Å². The number of hydrogen-bond donors (Lipinski definition) is 0. The lowest BCUT2D eigenvalue weighted by Crippen LogP contribution is -2.39. The van der Waals surface area contributed by atoms with Crippen LogP contribution in [0.3, 0.4) is 0 Å². The minimum Gasteiger partial charge on any atom is -0.497 e. The second-order valence-corrected chi connectivity index (χ2v) is 10.5. The lowest BCUT2D eigenvalue weighted by atomic mass is 9.84. The number of carbonyl (C=O) groups is 2. The molecule has 1 aliphatic rings. The van der Waals surface area contributed by atoms with Gasteiger partial charge < -0.3 is 14.4 Å². The molecule has 0 bridgehead atoms. The molecular weight excluding hydrogens is 502 g/mol. The van der Waals surface area contributed by atoms with Gasteiger partial charge in [-0.1, -0.05) is 74.9 Å². The summed E-state index contributed by atoms with van der Waals surface area (Å²) < 4.78 is 10.8. The van der Waals surface area contributed by atoms with Crippen molar-refractivity contribution >= 4 is 23.3 Å². The summed E-state index contributed by atoms with van der Waals surface area (Å²) in [5, 5.41) is 9.25. The Bertz CT molecular complexity index is 1420. The fourth-order valence-electron chi connectivity index (χ4n) is 4.90. The van der Waals surface area contributed by atoms with Crippen molar-refractivity contribution in [2.45, 2.75) is 52.6 Å². The first-order valence-electron chi connectivity index (χ1n) is 13.6. The van der Waals surface area contributed by atoms with Crippen molar-refractivity contribution in [1.82, 2.24) is 0 Å². The van der Waals surface area contributed by atoms with Gasteiger partial charge in [-0.3, -0.25) is 4.79 Å². The molecule has 1 heterocycles. The number of carbonyl (C=O) groups excluding carboxylic acids is 2. The summed E-state index contributed by atoms with van der Waals surface area (Å²) in [6.07, 6.45) is 0.838. The monoisotopic (exact) mass is 539 g/mol. The summed E-state index contributed by atoms with van der Waals surface area (Å²) in [4.78, 5) is 29.3. The minimum atomic E-state index is -1.48. The molecule has 0 fully saturated rings. The van der Waals surface area contributed by atoms with Crippen LogP contribution in [0.15, 0.2) is 89.1 Å². The van der Waals surface area contributed by atoms with Gasteiger partial charge in [0.05, 0.1) is 31.6 Å². The normalized spacial score (nSPS) is 17.1. The number of hydrogen-bond acceptors (Lipinski definition) is 6. The van der Waals surface area contributed by atoms with Crippen molar-refractivity contribution in [1.29, 1.82) is 0 Å². The predicted molar refractivity (Wildman–Crippen MR) is 157 cm³/mol. The number of benzene rings is 3. The maximum absolute atomic E-state index is 14.5. The summed E-state index contributed by atoms with van der Waals surface area (Å²) in [5.41, 5.74) is 3.67. The number of nitrogens with zero attached hydrogens (tertiary/aromatic N) is 3. The molecule has 3 aromatic carbocycles. The van der Waals surface area contributed by atoms with Crippen LogP contribution in [0.4, 0.5) is 11.4 Å². The number of aryl methyl sites for hydroxylation is 2. The van der Waals surface area contributed by atoms with Crippen LogP contribution in [-0.2, 0) is 26.4 Å². The highest BCUT2D eigenvalue weighted by molar-refractivity contribution is 6.09. The molecule has 1 amide bonds. The third kappa shape index (κ3) is 5.98. The Kier molecular flexibility index (Phi) is 8.83. The number of methoxy groups -OCH3 is 1. The van der Waals surface area contributed by atoms with Crippen LogP contribution in [-0.4, -0.2) is 25.6 Å². The molecule has 0 aliphatic carbocycles. The number of amides is 1. The Morgan fingerprint density at radius 1 is 1.07 bits per heavy atom. The van der Waals surface area contributed by atoms with E-state index in [0.717, 1.165) is 28.8 Å². The number of esters is 1. The van der Waals surface area contributed by atoms with Crippen molar-refractivity contribution in [2.24, 2.45) is 16.1 Å². The van der Waals surface area contributed by atoms with E-state index in [4.69, 9.17) is 14.6 Å². The average molecular weight is 540 g/mol. The molecule has 3 aromatic rings. The maximum Gasteiger partial charge on any atom is 0.333 e. The van der Waals surface area contributed by atoms with Crippen LogP contribution in [0.2, 0.25) is 0 Å². The van der Waals surface area contributed by atoms with E-state index in [0.29, 0.717) is 23.5 Å². The molecule has 2 unspecified atom stereocenters. The van der Waals surface area contributed by atoms with Crippen LogP contribution in [0.1, 0.15) is 48.9 Å². The number of anilines is 1. The molecule has 7 nitrogen and oxygen atoms in total. The highest BCUT2D eigenvalue weighted by Gasteiger charge is 2.53. The zero-order valence-electron chi connectivity index (χ0n) is 23.9. The molecule has 2 atom stereocenters. The van der Waals surface area contributed by atoms with Crippen LogP contribution < -0.4 is 9.64 Å². The molecule has 0 saturated heterocycles. The van der Waals surface area contributed by atoms with E-state index < -0.39 is 11.5 Å². The molecule has 40 heavy (non-hydrogen) atoms. The van der Waals surface area contributed by atoms with Crippen molar-refractivity contribution in [3.05, 3.63) is 101 Å². The van der Waals surface area contributed by atoms with Gasteiger partial charge >= 0.3 is 5.97 Å². The van der Waals surface area contributed by atoms with Crippen molar-refractivity contribution in [3.63, 3.8) is 0 Å². The van der Waals surface area contributed by atoms with E-state index >= 15 is 0 Å². The number of fused-ring (bicyclic) bond motifs is 1. The van der Waals surface area contributed by atoms with E-state index in [-0.39, 0.29) is 30.4 Å². The number of azo groups is 1. The minimum absolute atomic E-state index is 0.0496. The van der Waals surface area contributed by atoms with Crippen molar-refractivity contribution in [3.8, 4) is 5.75 Å². The van der Waals surface area contributed by atoms with Gasteiger partial charge in [0, 0.05) is 17.6 Å². The highest BCUT2D eigenvalue weighted by atomic mass is 16.5. The Labute approximate surface area is 236 Å². The standard InChI is InChI=1S/C33H37N3O4/c1-7-22(2)21-40-31(37)25(5)19-33(35-34-27-13-15-28(39-6)16-14-27)29-18-23(3)17-24(4)30(29)36(32(33)38)20-26-11-9-8-10-12-26/h8-18,22H,5,7,19-21H2,1-4,6H3. The SMILES string of the molecule is C=C(CC1(N=Nc2ccc(OC)cc2)C(=O)N(Cc2ccccc2)c2c(C)cc(C)cc21)C(=O)OCC(C)CC. The topological polar surface area (TPSA) is 80.6 Å². The molecule has 4 rings (SSSR count). The molecular formula is C33H37N3O4. The predicted octanol–water partition coefficient (Wildman–Crippen LogP) is 7.37. The molecule has 0 radical (unpaired) electrons. The Morgan fingerprint density at radius 3 is 2.42 bits per heavy atom. The fraction of sp³-hybridized carbons (Fsp3) is 0.333. The molecule has 208 valence electrons. The third-order valence-corrected chi connectivity index (χ3v) is 7.31. The van der Waals surface area contributed by atoms with E-state index in [9.17, 15) is 9.59 Å². The van der Waals surface area contributed by atoms with Gasteiger partial charge in [-0.25, -0.2) is 4.79 Å². The smallest absolute Gasteiger partial charge is 0.333 e. The van der Waals surface area contributed by atoms with Gasteiger partial charge in [0.1, 0.15) is 5.75 Å². The largest absolute Gasteiger partial charge is 0.497 e. The highest BCUT2D eigenvalue weighted by Crippen LogP contribution is 2.49. The van der Waals surface area contributed by atoms with E-state index in [1.54, 1.807) is 36.3 Å². The Morgan fingerprint density at radius 2 is 1.77 bits per heavy atom. The van der Waals surface area contributed by atoms with Gasteiger partial charge in [-0.2, -0.15) is 10.2 Å². The summed E-state index contributed by atoms with van der Waals surface area (Å²) in [6.45, 7) is 12.7. The fourth-order valence-corrected chi connectivity index (χ4v) is 4.90. The summed E-state index contributed by atoms with van der Waals surface area (Å²) >= 11 is 0. The second kappa shape index (κ2) is 12.3. The number of rotatable bonds is 11. The third-order valence-electron chi connectivity index (χ3n) is 7.31. The first kappa shape index (κ1) is 28.7. The average Bonchev–Trinajstić information content (AvgIpc) is 3.18. The zero-order chi connectivity index (χ0) is 28.9. The van der Waals surface area contributed by atoms with E-state index in [2.05, 4.69) is 17.8 Å². The zero-order valence-corrected chi connectivity index (χ0v) is 23.9. The quantitative estimate of drug-likeness (QED) is 0.145. The molecule has 0 spiro atoms. The molecule has 1 aliphatic heterocycles. The lowest BCUT2D eigenvalue weighted by molar-refractivity contribution is -0.140.